The molecule has 0 aromatic rings. The molecule has 1 nitrogen and oxygen atoms in total. The zero-order valence-electron chi connectivity index (χ0n) is 4.29. The summed E-state index contributed by atoms with van der Waals surface area (Å²) in [6.07, 6.45) is 0. The highest BCUT2D eigenvalue weighted by Gasteiger charge is 1.72. The normalized spacial score (nSPS) is 7.75. The van der Waals surface area contributed by atoms with E-state index in [0.717, 1.165) is 0 Å². The van der Waals surface area contributed by atoms with Crippen molar-refractivity contribution in [2.75, 3.05) is 18.6 Å². The van der Waals surface area contributed by atoms with Gasteiger partial charge in [0.25, 0.3) is 0 Å². The van der Waals surface area contributed by atoms with Gasteiger partial charge in [0.15, 0.2) is 0 Å². The van der Waals surface area contributed by atoms with Crippen LogP contribution in [0.5, 0.6) is 0 Å². The number of halogens is 2. The van der Waals surface area contributed by atoms with E-state index in [1.54, 1.807) is 0 Å². The Morgan fingerprint density at radius 1 is 1.25 bits per heavy atom. The molecule has 8 heavy (non-hydrogen) atoms. The highest BCUT2D eigenvalue weighted by atomic mass is 35.5. The molecule has 0 saturated carbocycles. The van der Waals surface area contributed by atoms with Crippen LogP contribution in [0.25, 0.3) is 0 Å². The van der Waals surface area contributed by atoms with Crippen molar-refractivity contribution in [3.63, 3.8) is 0 Å². The Labute approximate surface area is 58.9 Å². The fourth-order valence-corrected chi connectivity index (χ4v) is 0.360. The van der Waals surface area contributed by atoms with Crippen LogP contribution in [0.1, 0.15) is 0 Å². The molecule has 0 unspecified atom stereocenters. The van der Waals surface area contributed by atoms with E-state index in [2.05, 4.69) is 16.6 Å². The zero-order valence-corrected chi connectivity index (χ0v) is 5.80. The third-order valence-corrected chi connectivity index (χ3v) is 0.731. The highest BCUT2D eigenvalue weighted by Crippen LogP contribution is 1.76. The van der Waals surface area contributed by atoms with Gasteiger partial charge in [-0.05, 0) is 0 Å². The van der Waals surface area contributed by atoms with Crippen LogP contribution in [0, 0.1) is 11.8 Å². The van der Waals surface area contributed by atoms with Crippen LogP contribution in [-0.2, 0) is 4.74 Å². The molecule has 0 bridgehead atoms. The summed E-state index contributed by atoms with van der Waals surface area (Å²) in [5.41, 5.74) is 0. The van der Waals surface area contributed by atoms with Gasteiger partial charge in [0, 0.05) is 0 Å². The first kappa shape index (κ1) is 8.10. The van der Waals surface area contributed by atoms with Crippen LogP contribution < -0.4 is 0 Å². The molecule has 0 aromatic carbocycles. The van der Waals surface area contributed by atoms with Crippen molar-refractivity contribution in [1.29, 1.82) is 0 Å². The molecular formula is C5H6Cl2O. The van der Waals surface area contributed by atoms with E-state index in [1.165, 1.54) is 0 Å². The first-order valence-corrected chi connectivity index (χ1v) is 3.14. The van der Waals surface area contributed by atoms with Gasteiger partial charge in [-0.2, -0.15) is 0 Å². The minimum absolute atomic E-state index is 0.191. The fourth-order valence-electron chi connectivity index (χ4n) is 0.188. The Bertz CT molecular complexity index is 92.3. The number of hydrogen-bond acceptors (Lipinski definition) is 1. The van der Waals surface area contributed by atoms with Crippen molar-refractivity contribution < 1.29 is 4.74 Å². The fraction of sp³-hybridized carbons (Fsp3) is 0.600. The molecule has 0 amide bonds. The van der Waals surface area contributed by atoms with E-state index in [9.17, 15) is 0 Å². The third-order valence-electron chi connectivity index (χ3n) is 0.443. The first-order chi connectivity index (χ1) is 3.91. The molecule has 0 aliphatic carbocycles. The van der Waals surface area contributed by atoms with E-state index >= 15 is 0 Å². The standard InChI is InChI=1S/C5H6Cl2O/c6-3-1-2-4-8-5-7/h3-5H2. The van der Waals surface area contributed by atoms with Crippen LogP contribution in [0.4, 0.5) is 0 Å². The molecule has 0 aliphatic rings. The van der Waals surface area contributed by atoms with Gasteiger partial charge in [0.1, 0.15) is 12.7 Å². The minimum Gasteiger partial charge on any atom is -0.353 e. The average Bonchev–Trinajstić information content (AvgIpc) is 1.81. The molecule has 3 heteroatoms. The molecular weight excluding hydrogens is 147 g/mol. The van der Waals surface area contributed by atoms with Crippen LogP contribution >= 0.6 is 23.2 Å². The van der Waals surface area contributed by atoms with Gasteiger partial charge in [-0.1, -0.05) is 23.4 Å². The quantitative estimate of drug-likeness (QED) is 0.331. The van der Waals surface area contributed by atoms with Gasteiger partial charge in [-0.25, -0.2) is 0 Å². The monoisotopic (exact) mass is 152 g/mol. The van der Waals surface area contributed by atoms with Crippen LogP contribution in [0.3, 0.4) is 0 Å². The van der Waals surface area contributed by atoms with Gasteiger partial charge < -0.3 is 4.74 Å². The van der Waals surface area contributed by atoms with Crippen molar-refractivity contribution >= 4 is 23.2 Å². The minimum atomic E-state index is 0.191. The highest BCUT2D eigenvalue weighted by molar-refractivity contribution is 6.19. The summed E-state index contributed by atoms with van der Waals surface area (Å²) in [5.74, 6) is 5.62. The Morgan fingerprint density at radius 2 is 2.00 bits per heavy atom. The van der Waals surface area contributed by atoms with Crippen molar-refractivity contribution in [3.05, 3.63) is 0 Å². The van der Waals surface area contributed by atoms with Crippen molar-refractivity contribution in [2.45, 2.75) is 0 Å². The number of rotatable bonds is 2. The lowest BCUT2D eigenvalue weighted by Gasteiger charge is -1.85. The van der Waals surface area contributed by atoms with E-state index in [1.807, 2.05) is 0 Å². The molecule has 0 radical (unpaired) electrons. The number of alkyl halides is 2. The predicted molar refractivity (Wildman–Crippen MR) is 35.2 cm³/mol. The van der Waals surface area contributed by atoms with Crippen LogP contribution in [0.15, 0.2) is 0 Å². The molecule has 0 saturated heterocycles. The van der Waals surface area contributed by atoms with Crippen molar-refractivity contribution in [1.82, 2.24) is 0 Å². The first-order valence-electron chi connectivity index (χ1n) is 2.07. The van der Waals surface area contributed by atoms with Gasteiger partial charge in [0.2, 0.25) is 0 Å². The lowest BCUT2D eigenvalue weighted by atomic mass is 10.6. The summed E-state index contributed by atoms with van der Waals surface area (Å²) in [7, 11) is 0. The molecule has 0 N–H and O–H groups in total. The summed E-state index contributed by atoms with van der Waals surface area (Å²) in [5, 5.41) is 0. The SMILES string of the molecule is ClCC#CCOCCl. The summed E-state index contributed by atoms with van der Waals surface area (Å²) in [4.78, 5) is 0. The van der Waals surface area contributed by atoms with E-state index < -0.39 is 0 Å². The second-order valence-electron chi connectivity index (χ2n) is 0.945. The summed E-state index contributed by atoms with van der Waals surface area (Å²) >= 11 is 10.4. The number of hydrogen-bond donors (Lipinski definition) is 0. The number of ether oxygens (including phenoxy) is 1. The Morgan fingerprint density at radius 3 is 2.50 bits per heavy atom. The third kappa shape index (κ3) is 6.10. The van der Waals surface area contributed by atoms with Crippen molar-refractivity contribution in [3.8, 4) is 11.8 Å². The lowest BCUT2D eigenvalue weighted by Crippen LogP contribution is -1.86. The molecule has 0 aromatic heterocycles. The van der Waals surface area contributed by atoms with E-state index in [4.69, 9.17) is 23.2 Å². The van der Waals surface area contributed by atoms with Gasteiger partial charge >= 0.3 is 0 Å². The smallest absolute Gasteiger partial charge is 0.122 e. The summed E-state index contributed by atoms with van der Waals surface area (Å²) in [6, 6.07) is 0.191. The second-order valence-corrected chi connectivity index (χ2v) is 1.43. The van der Waals surface area contributed by atoms with Crippen LogP contribution in [0.2, 0.25) is 0 Å². The average molecular weight is 153 g/mol. The largest absolute Gasteiger partial charge is 0.353 e. The molecule has 0 rings (SSSR count). The van der Waals surface area contributed by atoms with E-state index in [0.29, 0.717) is 12.5 Å². The van der Waals surface area contributed by atoms with Gasteiger partial charge in [0.05, 0.1) is 5.88 Å². The Kier molecular flexibility index (Phi) is 7.19. The zero-order chi connectivity index (χ0) is 6.24. The van der Waals surface area contributed by atoms with Gasteiger partial charge in [-0.3, -0.25) is 0 Å². The van der Waals surface area contributed by atoms with Crippen molar-refractivity contribution in [2.24, 2.45) is 0 Å². The van der Waals surface area contributed by atoms with Crippen LogP contribution in [-0.4, -0.2) is 18.6 Å². The second kappa shape index (κ2) is 7.10. The molecule has 46 valence electrons. The lowest BCUT2D eigenvalue weighted by molar-refractivity contribution is 0.218. The molecule has 0 heterocycles. The molecule has 0 atom stereocenters. The topological polar surface area (TPSA) is 9.23 Å². The predicted octanol–water partition coefficient (Wildman–Crippen LogP) is 1.44. The summed E-state index contributed by atoms with van der Waals surface area (Å²) in [6.45, 7) is 0.371. The molecule has 0 aliphatic heterocycles. The van der Waals surface area contributed by atoms with E-state index in [-0.39, 0.29) is 6.07 Å². The maximum absolute atomic E-state index is 5.22. The molecule has 0 fully saturated rings. The Balaban J connectivity index is 2.90. The summed E-state index contributed by atoms with van der Waals surface area (Å²) < 4.78 is 4.67. The maximum atomic E-state index is 5.22. The molecule has 0 spiro atoms. The maximum Gasteiger partial charge on any atom is 0.122 e. The Hall–Kier alpha value is 0.1000. The van der Waals surface area contributed by atoms with Gasteiger partial charge in [-0.15, -0.1) is 11.6 Å².